The highest BCUT2D eigenvalue weighted by molar-refractivity contribution is 7.98. The van der Waals surface area contributed by atoms with Gasteiger partial charge in [0.1, 0.15) is 11.4 Å². The fraction of sp³-hybridized carbons (Fsp3) is 0.652. The molecule has 0 aliphatic carbocycles. The molecule has 14 heteroatoms. The number of rotatable bonds is 7. The summed E-state index contributed by atoms with van der Waals surface area (Å²) in [6.45, 7) is 6.41. The number of aromatic nitrogens is 4. The smallest absolute Gasteiger partial charge is 0.414 e. The first-order valence-electron chi connectivity index (χ1n) is 11.8. The minimum atomic E-state index is -4.96. The number of halogens is 5. The summed E-state index contributed by atoms with van der Waals surface area (Å²) in [5.74, 6) is 0.751. The highest BCUT2D eigenvalue weighted by atomic mass is 32.2. The maximum absolute atomic E-state index is 14.8. The van der Waals surface area contributed by atoms with Crippen LogP contribution in [0.3, 0.4) is 0 Å². The van der Waals surface area contributed by atoms with E-state index in [4.69, 9.17) is 4.74 Å². The van der Waals surface area contributed by atoms with Gasteiger partial charge in [0, 0.05) is 37.9 Å². The Morgan fingerprint density at radius 3 is 2.49 bits per heavy atom. The minimum absolute atomic E-state index is 0.0269. The molecule has 1 aliphatic rings. The first kappa shape index (κ1) is 28.9. The van der Waals surface area contributed by atoms with Crippen molar-refractivity contribution in [2.45, 2.75) is 88.2 Å². The molecule has 0 saturated carbocycles. The number of hydrogen-bond acceptors (Lipinski definition) is 7. The molecule has 0 bridgehead atoms. The molecule has 206 valence electrons. The summed E-state index contributed by atoms with van der Waals surface area (Å²) < 4.78 is 78.4. The second-order valence-corrected chi connectivity index (χ2v) is 10.7. The van der Waals surface area contributed by atoms with Gasteiger partial charge in [-0.15, -0.1) is 5.10 Å². The summed E-state index contributed by atoms with van der Waals surface area (Å²) in [6, 6.07) is -3.49. The third-order valence-corrected chi connectivity index (χ3v) is 6.35. The molecule has 37 heavy (non-hydrogen) atoms. The summed E-state index contributed by atoms with van der Waals surface area (Å²) in [5.41, 5.74) is -1.64. The van der Waals surface area contributed by atoms with Gasteiger partial charge >= 0.3 is 18.3 Å². The molecule has 1 aliphatic heterocycles. The van der Waals surface area contributed by atoms with Crippen molar-refractivity contribution in [3.63, 3.8) is 0 Å². The molecule has 1 amide bonds. The number of piperidine rings is 1. The number of hydrogen-bond donors (Lipinski definition) is 1. The predicted octanol–water partition coefficient (Wildman–Crippen LogP) is 5.78. The highest BCUT2D eigenvalue weighted by Gasteiger charge is 2.45. The zero-order valence-corrected chi connectivity index (χ0v) is 22.1. The van der Waals surface area contributed by atoms with Crippen LogP contribution >= 0.6 is 11.8 Å². The quantitative estimate of drug-likeness (QED) is 0.266. The number of alkyl halides is 5. The number of nitrogens with zero attached hydrogens (tertiary/aromatic N) is 5. The van der Waals surface area contributed by atoms with Gasteiger partial charge < -0.3 is 15.0 Å². The normalized spacial score (nSPS) is 17.0. The number of alkyl carbamates (subject to hydrolysis) is 1. The maximum atomic E-state index is 14.8. The van der Waals surface area contributed by atoms with Crippen LogP contribution in [-0.2, 0) is 24.0 Å². The second-order valence-electron chi connectivity index (χ2n) is 9.71. The van der Waals surface area contributed by atoms with E-state index in [2.05, 4.69) is 15.1 Å². The van der Waals surface area contributed by atoms with Crippen LogP contribution in [0.5, 0.6) is 0 Å². The van der Waals surface area contributed by atoms with Crippen LogP contribution in [0.25, 0.3) is 0 Å². The average Bonchev–Trinajstić information content (AvgIpc) is 3.13. The molecule has 2 aromatic rings. The molecule has 1 fully saturated rings. The van der Waals surface area contributed by atoms with Crippen molar-refractivity contribution in [3.8, 4) is 0 Å². The van der Waals surface area contributed by atoms with Gasteiger partial charge in [-0.05, 0) is 45.7 Å². The van der Waals surface area contributed by atoms with Crippen LogP contribution in [0, 0.1) is 0 Å². The van der Waals surface area contributed by atoms with Gasteiger partial charge in [-0.2, -0.15) is 22.0 Å². The Hall–Kier alpha value is -2.64. The number of amides is 1. The average molecular weight is 551 g/mol. The Morgan fingerprint density at radius 2 is 1.92 bits per heavy atom. The highest BCUT2D eigenvalue weighted by Crippen LogP contribution is 2.39. The zero-order chi connectivity index (χ0) is 27.6. The molecular formula is C23H31F5N6O2S. The lowest BCUT2D eigenvalue weighted by Crippen LogP contribution is -2.46. The molecule has 1 atom stereocenters. The van der Waals surface area contributed by atoms with Gasteiger partial charge in [0.2, 0.25) is 5.16 Å². The summed E-state index contributed by atoms with van der Waals surface area (Å²) in [7, 11) is 1.72. The van der Waals surface area contributed by atoms with Crippen molar-refractivity contribution in [2.24, 2.45) is 7.05 Å². The number of carbonyl (C=O) groups is 1. The molecule has 1 unspecified atom stereocenters. The third kappa shape index (κ3) is 7.68. The van der Waals surface area contributed by atoms with Gasteiger partial charge in [0.15, 0.2) is 6.04 Å². The van der Waals surface area contributed by atoms with Crippen LogP contribution in [0.15, 0.2) is 17.3 Å². The lowest BCUT2D eigenvalue weighted by Gasteiger charge is -2.37. The van der Waals surface area contributed by atoms with Gasteiger partial charge in [0.25, 0.3) is 0 Å². The van der Waals surface area contributed by atoms with E-state index in [1.54, 1.807) is 11.7 Å². The fourth-order valence-electron chi connectivity index (χ4n) is 3.84. The number of carbonyl (C=O) groups excluding carboxylic acids is 1. The predicted molar refractivity (Wildman–Crippen MR) is 128 cm³/mol. The Balaban J connectivity index is 2.00. The van der Waals surface area contributed by atoms with Gasteiger partial charge in [-0.3, -0.25) is 9.67 Å². The molecule has 2 aromatic heterocycles. The van der Waals surface area contributed by atoms with Crippen molar-refractivity contribution >= 4 is 23.5 Å². The number of ether oxygens (including phenoxy) is 1. The van der Waals surface area contributed by atoms with E-state index >= 15 is 0 Å². The summed E-state index contributed by atoms with van der Waals surface area (Å²) in [4.78, 5) is 21.5. The molecule has 0 radical (unpaired) electrons. The third-order valence-electron chi connectivity index (χ3n) is 5.48. The Morgan fingerprint density at radius 1 is 1.22 bits per heavy atom. The van der Waals surface area contributed by atoms with E-state index in [9.17, 15) is 26.7 Å². The topological polar surface area (TPSA) is 85.2 Å². The molecular weight excluding hydrogens is 519 g/mol. The Bertz CT molecular complexity index is 1100. The number of thioether (sulfide) groups is 1. The van der Waals surface area contributed by atoms with Crippen molar-refractivity contribution < 1.29 is 31.5 Å². The lowest BCUT2D eigenvalue weighted by atomic mass is 10.1. The Labute approximate surface area is 216 Å². The minimum Gasteiger partial charge on any atom is -0.444 e. The van der Waals surface area contributed by atoms with Crippen LogP contribution in [0.2, 0.25) is 0 Å². The molecule has 1 N–H and O–H groups in total. The molecule has 0 aromatic carbocycles. The van der Waals surface area contributed by atoms with E-state index in [-0.39, 0.29) is 23.7 Å². The molecule has 3 heterocycles. The number of nitrogens with one attached hydrogen (secondary N) is 1. The largest absolute Gasteiger partial charge is 0.444 e. The molecule has 1 saturated heterocycles. The van der Waals surface area contributed by atoms with Crippen LogP contribution in [-0.4, -0.2) is 50.2 Å². The van der Waals surface area contributed by atoms with E-state index < -0.39 is 42.1 Å². The van der Waals surface area contributed by atoms with Crippen molar-refractivity contribution in [3.05, 3.63) is 29.3 Å². The van der Waals surface area contributed by atoms with Crippen LogP contribution < -0.4 is 10.2 Å². The maximum Gasteiger partial charge on any atom is 0.414 e. The van der Waals surface area contributed by atoms with Gasteiger partial charge in [0.05, 0.1) is 11.4 Å². The van der Waals surface area contributed by atoms with E-state index in [1.165, 1.54) is 26.8 Å². The van der Waals surface area contributed by atoms with Gasteiger partial charge in [-0.25, -0.2) is 9.78 Å². The number of aryl methyl sites for hydroxylation is 2. The summed E-state index contributed by atoms with van der Waals surface area (Å²) >= 11 is 1.12. The number of anilines is 1. The molecule has 0 spiro atoms. The zero-order valence-electron chi connectivity index (χ0n) is 21.3. The van der Waals surface area contributed by atoms with Crippen LogP contribution in [0.1, 0.15) is 70.2 Å². The van der Waals surface area contributed by atoms with Crippen molar-refractivity contribution in [1.29, 1.82) is 0 Å². The van der Waals surface area contributed by atoms with Crippen LogP contribution in [0.4, 0.5) is 32.4 Å². The van der Waals surface area contributed by atoms with E-state index in [0.717, 1.165) is 28.6 Å². The Kier molecular flexibility index (Phi) is 8.60. The first-order valence-corrected chi connectivity index (χ1v) is 12.8. The SMILES string of the molecule is CCc1nc(SCc2cc(N3CCCCC3(F)F)cc(C(NC(=O)OC(C)(C)C)C(F)(F)F)n2)nn1C. The lowest BCUT2D eigenvalue weighted by molar-refractivity contribution is -0.157. The first-order chi connectivity index (χ1) is 17.1. The monoisotopic (exact) mass is 550 g/mol. The van der Waals surface area contributed by atoms with Crippen molar-refractivity contribution in [2.75, 3.05) is 11.4 Å². The number of pyridine rings is 1. The summed E-state index contributed by atoms with van der Waals surface area (Å²) in [5, 5.41) is 6.45. The summed E-state index contributed by atoms with van der Waals surface area (Å²) in [6.07, 6.45) is -5.27. The van der Waals surface area contributed by atoms with Crippen molar-refractivity contribution in [1.82, 2.24) is 25.1 Å². The van der Waals surface area contributed by atoms with Gasteiger partial charge in [-0.1, -0.05) is 18.7 Å². The molecule has 8 nitrogen and oxygen atoms in total. The second kappa shape index (κ2) is 11.0. The fourth-order valence-corrected chi connectivity index (χ4v) is 4.62. The molecule has 3 rings (SSSR count). The standard InChI is InChI=1S/C23H31F5N6O2S/c1-6-17-30-19(32-33(17)5)37-13-14-11-15(34-10-8-7-9-22(34,24)25)12-16(29-14)18(23(26,27)28)31-20(35)36-21(2,3)4/h11-12,18H,6-10,13H2,1-5H3,(H,31,35). The van der Waals surface area contributed by atoms with E-state index in [0.29, 0.717) is 24.4 Å². The van der Waals surface area contributed by atoms with E-state index in [1.807, 2.05) is 12.2 Å².